The first-order valence-corrected chi connectivity index (χ1v) is 7.07. The van der Waals surface area contributed by atoms with Crippen LogP contribution in [0, 0.1) is 12.3 Å². The van der Waals surface area contributed by atoms with Gasteiger partial charge in [-0.15, -0.1) is 0 Å². The van der Waals surface area contributed by atoms with E-state index in [1.54, 1.807) is 0 Å². The van der Waals surface area contributed by atoms with Gasteiger partial charge in [-0.1, -0.05) is 22.0 Å². The summed E-state index contributed by atoms with van der Waals surface area (Å²) in [6, 6.07) is 6.16. The van der Waals surface area contributed by atoms with Crippen molar-refractivity contribution in [1.82, 2.24) is 0 Å². The number of carbonyl (C=O) groups is 1. The van der Waals surface area contributed by atoms with Crippen molar-refractivity contribution in [3.63, 3.8) is 0 Å². The lowest BCUT2D eigenvalue weighted by Crippen LogP contribution is -2.60. The molecule has 1 aromatic rings. The lowest BCUT2D eigenvalue weighted by molar-refractivity contribution is -0.174. The highest BCUT2D eigenvalue weighted by Crippen LogP contribution is 2.49. The predicted octanol–water partition coefficient (Wildman–Crippen LogP) is 3.22. The number of carbonyl (C=O) groups excluding carboxylic acids is 1. The van der Waals surface area contributed by atoms with Gasteiger partial charge >= 0.3 is 5.97 Å². The maximum atomic E-state index is 12.2. The summed E-state index contributed by atoms with van der Waals surface area (Å²) in [6.07, 6.45) is 0. The van der Waals surface area contributed by atoms with Gasteiger partial charge in [0.1, 0.15) is 0 Å². The number of hydrogen-bond donors (Lipinski definition) is 0. The van der Waals surface area contributed by atoms with Gasteiger partial charge in [-0.25, -0.2) is 0 Å². The molecule has 2 rings (SSSR count). The van der Waals surface area contributed by atoms with E-state index in [1.807, 2.05) is 19.9 Å². The van der Waals surface area contributed by atoms with Gasteiger partial charge in [-0.3, -0.25) is 4.79 Å². The molecule has 0 bridgehead atoms. The summed E-state index contributed by atoms with van der Waals surface area (Å²) in [4.78, 5) is 12.2. The number of hydrogen-bond acceptors (Lipinski definition) is 3. The first kappa shape index (κ1) is 14.5. The van der Waals surface area contributed by atoms with Gasteiger partial charge in [0.05, 0.1) is 31.2 Å². The van der Waals surface area contributed by atoms with E-state index in [1.165, 1.54) is 12.7 Å². The molecule has 0 N–H and O–H groups in total. The van der Waals surface area contributed by atoms with E-state index in [2.05, 4.69) is 35.0 Å². The zero-order chi connectivity index (χ0) is 14.3. The molecule has 4 heteroatoms. The normalized spacial score (nSPS) is 17.7. The second kappa shape index (κ2) is 4.91. The molecular formula is C15H19BrO3. The van der Waals surface area contributed by atoms with Crippen molar-refractivity contribution in [2.24, 2.45) is 5.41 Å². The fourth-order valence-electron chi connectivity index (χ4n) is 2.72. The summed E-state index contributed by atoms with van der Waals surface area (Å²) in [5.41, 5.74) is 1.39. The molecule has 0 atom stereocenters. The van der Waals surface area contributed by atoms with Crippen molar-refractivity contribution in [1.29, 1.82) is 0 Å². The minimum atomic E-state index is -0.619. The zero-order valence-corrected chi connectivity index (χ0v) is 13.3. The average Bonchev–Trinajstić information content (AvgIpc) is 2.30. The Morgan fingerprint density at radius 2 is 2.05 bits per heavy atom. The van der Waals surface area contributed by atoms with Crippen LogP contribution in [-0.2, 0) is 19.7 Å². The van der Waals surface area contributed by atoms with Crippen molar-refractivity contribution in [3.05, 3.63) is 33.8 Å². The number of aryl methyl sites for hydroxylation is 1. The van der Waals surface area contributed by atoms with Crippen LogP contribution in [0.3, 0.4) is 0 Å². The number of methoxy groups -OCH3 is 1. The van der Waals surface area contributed by atoms with Gasteiger partial charge < -0.3 is 9.47 Å². The van der Waals surface area contributed by atoms with Gasteiger partial charge in [0.25, 0.3) is 0 Å². The maximum Gasteiger partial charge on any atom is 0.312 e. The smallest absolute Gasteiger partial charge is 0.312 e. The van der Waals surface area contributed by atoms with Crippen LogP contribution in [0.4, 0.5) is 0 Å². The minimum absolute atomic E-state index is 0.199. The highest BCUT2D eigenvalue weighted by molar-refractivity contribution is 9.10. The predicted molar refractivity (Wildman–Crippen MR) is 77.2 cm³/mol. The highest BCUT2D eigenvalue weighted by atomic mass is 79.9. The lowest BCUT2D eigenvalue weighted by atomic mass is 9.59. The fourth-order valence-corrected chi connectivity index (χ4v) is 3.08. The molecule has 0 aliphatic carbocycles. The van der Waals surface area contributed by atoms with Crippen LogP contribution in [0.2, 0.25) is 0 Å². The van der Waals surface area contributed by atoms with Crippen molar-refractivity contribution < 1.29 is 14.3 Å². The summed E-state index contributed by atoms with van der Waals surface area (Å²) in [5.74, 6) is -0.199. The standard InChI is InChI=1S/C15H19BrO3/c1-10-5-6-11(16)7-12(10)15(8-19-9-15)14(2,3)13(17)18-4/h5-7H,8-9H2,1-4H3. The Labute approximate surface area is 122 Å². The number of esters is 1. The second-order valence-corrected chi connectivity index (χ2v) is 6.57. The third-order valence-electron chi connectivity index (χ3n) is 4.30. The van der Waals surface area contributed by atoms with Crippen LogP contribution in [0.1, 0.15) is 25.0 Å². The van der Waals surface area contributed by atoms with Crippen LogP contribution in [0.5, 0.6) is 0 Å². The molecule has 1 saturated heterocycles. The largest absolute Gasteiger partial charge is 0.469 e. The highest BCUT2D eigenvalue weighted by Gasteiger charge is 2.57. The first-order valence-electron chi connectivity index (χ1n) is 6.28. The molecule has 19 heavy (non-hydrogen) atoms. The van der Waals surface area contributed by atoms with Crippen molar-refractivity contribution in [3.8, 4) is 0 Å². The summed E-state index contributed by atoms with van der Waals surface area (Å²) in [5, 5.41) is 0. The molecule has 0 amide bonds. The molecule has 104 valence electrons. The summed E-state index contributed by atoms with van der Waals surface area (Å²) in [6.45, 7) is 7.03. The SMILES string of the molecule is COC(=O)C(C)(C)C1(c2cc(Br)ccc2C)COC1. The second-order valence-electron chi connectivity index (χ2n) is 5.65. The fraction of sp³-hybridized carbons (Fsp3) is 0.533. The Morgan fingerprint density at radius 1 is 1.42 bits per heavy atom. The molecular weight excluding hydrogens is 308 g/mol. The van der Waals surface area contributed by atoms with Gasteiger partial charge in [-0.2, -0.15) is 0 Å². The van der Waals surface area contributed by atoms with Gasteiger partial charge in [0.2, 0.25) is 0 Å². The first-order chi connectivity index (χ1) is 8.85. The summed E-state index contributed by atoms with van der Waals surface area (Å²) >= 11 is 3.51. The van der Waals surface area contributed by atoms with Crippen LogP contribution in [-0.4, -0.2) is 26.3 Å². The van der Waals surface area contributed by atoms with Crippen LogP contribution >= 0.6 is 15.9 Å². The van der Waals surface area contributed by atoms with E-state index in [9.17, 15) is 4.79 Å². The quantitative estimate of drug-likeness (QED) is 0.800. The number of rotatable bonds is 3. The summed E-state index contributed by atoms with van der Waals surface area (Å²) in [7, 11) is 1.44. The molecule has 1 aliphatic heterocycles. The topological polar surface area (TPSA) is 35.5 Å². The average molecular weight is 327 g/mol. The van der Waals surface area contributed by atoms with Crippen molar-refractivity contribution in [2.75, 3.05) is 20.3 Å². The minimum Gasteiger partial charge on any atom is -0.469 e. The molecule has 0 spiro atoms. The Kier molecular flexibility index (Phi) is 3.76. The number of benzene rings is 1. The van der Waals surface area contributed by atoms with E-state index in [4.69, 9.17) is 9.47 Å². The van der Waals surface area contributed by atoms with E-state index in [0.29, 0.717) is 13.2 Å². The van der Waals surface area contributed by atoms with Crippen LogP contribution < -0.4 is 0 Å². The molecule has 1 aromatic carbocycles. The van der Waals surface area contributed by atoms with Gasteiger partial charge in [0.15, 0.2) is 0 Å². The monoisotopic (exact) mass is 326 g/mol. The maximum absolute atomic E-state index is 12.2. The number of halogens is 1. The molecule has 0 radical (unpaired) electrons. The van der Waals surface area contributed by atoms with E-state index in [-0.39, 0.29) is 11.4 Å². The van der Waals surface area contributed by atoms with E-state index in [0.717, 1.165) is 10.0 Å². The molecule has 1 aliphatic rings. The zero-order valence-electron chi connectivity index (χ0n) is 11.7. The van der Waals surface area contributed by atoms with E-state index >= 15 is 0 Å². The Bertz CT molecular complexity index is 504. The van der Waals surface area contributed by atoms with Crippen LogP contribution in [0.15, 0.2) is 22.7 Å². The van der Waals surface area contributed by atoms with Crippen molar-refractivity contribution >= 4 is 21.9 Å². The lowest BCUT2D eigenvalue weighted by Gasteiger charge is -2.51. The molecule has 1 heterocycles. The molecule has 1 fully saturated rings. The third kappa shape index (κ3) is 2.11. The van der Waals surface area contributed by atoms with E-state index < -0.39 is 5.41 Å². The van der Waals surface area contributed by atoms with Gasteiger partial charge in [-0.05, 0) is 44.0 Å². The van der Waals surface area contributed by atoms with Gasteiger partial charge in [0, 0.05) is 4.47 Å². The molecule has 0 aromatic heterocycles. The Morgan fingerprint density at radius 3 is 2.53 bits per heavy atom. The summed E-state index contributed by atoms with van der Waals surface area (Å²) < 4.78 is 11.4. The molecule has 3 nitrogen and oxygen atoms in total. The molecule has 0 unspecified atom stereocenters. The number of ether oxygens (including phenoxy) is 2. The molecule has 0 saturated carbocycles. The van der Waals surface area contributed by atoms with Crippen LogP contribution in [0.25, 0.3) is 0 Å². The Balaban J connectivity index is 2.54. The Hall–Kier alpha value is -0.870. The van der Waals surface area contributed by atoms with Crippen molar-refractivity contribution in [2.45, 2.75) is 26.2 Å². The third-order valence-corrected chi connectivity index (χ3v) is 4.80.